The molecule has 0 bridgehead atoms. The lowest BCUT2D eigenvalue weighted by Gasteiger charge is -2.26. The molecule has 1 aliphatic heterocycles. The minimum atomic E-state index is -0.659. The maximum absolute atomic E-state index is 11.8. The van der Waals surface area contributed by atoms with Crippen molar-refractivity contribution in [3.05, 3.63) is 30.3 Å². The number of nitrogens with one attached hydrogen (secondary N) is 2. The summed E-state index contributed by atoms with van der Waals surface area (Å²) >= 11 is 1.79. The molecular weight excluding hydrogens is 276 g/mol. The average Bonchev–Trinajstić information content (AvgIpc) is 2.95. The summed E-state index contributed by atoms with van der Waals surface area (Å²) in [5, 5.41) is 5.20. The molecule has 0 aromatic heterocycles. The van der Waals surface area contributed by atoms with Crippen LogP contribution in [0.5, 0.6) is 0 Å². The monoisotopic (exact) mass is 294 g/mol. The Bertz CT molecular complexity index is 473. The predicted molar refractivity (Wildman–Crippen MR) is 79.8 cm³/mol. The van der Waals surface area contributed by atoms with Crippen LogP contribution in [0, 0.1) is 0 Å². The van der Waals surface area contributed by atoms with Crippen molar-refractivity contribution in [3.63, 3.8) is 0 Å². The van der Waals surface area contributed by atoms with Crippen LogP contribution in [0.1, 0.15) is 6.42 Å². The third kappa shape index (κ3) is 3.74. The van der Waals surface area contributed by atoms with Crippen molar-refractivity contribution in [2.75, 3.05) is 30.5 Å². The average molecular weight is 294 g/mol. The molecule has 1 aliphatic rings. The summed E-state index contributed by atoms with van der Waals surface area (Å²) in [4.78, 5) is 23.5. The maximum atomic E-state index is 11.8. The first-order valence-electron chi connectivity index (χ1n) is 6.42. The Morgan fingerprint density at radius 1 is 1.30 bits per heavy atom. The molecule has 6 heteroatoms. The summed E-state index contributed by atoms with van der Waals surface area (Å²) in [5.41, 5.74) is 0.262. The van der Waals surface area contributed by atoms with Gasteiger partial charge in [-0.25, -0.2) is 0 Å². The Balaban J connectivity index is 1.84. The summed E-state index contributed by atoms with van der Waals surface area (Å²) in [5.74, 6) is 0.555. The van der Waals surface area contributed by atoms with Gasteiger partial charge in [0.05, 0.1) is 5.60 Å². The lowest BCUT2D eigenvalue weighted by molar-refractivity contribution is -0.136. The Hall–Kier alpha value is -1.53. The molecule has 0 spiro atoms. The molecule has 1 atom stereocenters. The number of benzene rings is 1. The number of methoxy groups -OCH3 is 1. The van der Waals surface area contributed by atoms with Crippen LogP contribution in [0.4, 0.5) is 5.69 Å². The molecule has 0 radical (unpaired) electrons. The molecule has 0 saturated carbocycles. The van der Waals surface area contributed by atoms with Gasteiger partial charge in [-0.3, -0.25) is 9.59 Å². The quantitative estimate of drug-likeness (QED) is 0.821. The Morgan fingerprint density at radius 3 is 2.65 bits per heavy atom. The van der Waals surface area contributed by atoms with Crippen molar-refractivity contribution in [1.82, 2.24) is 5.32 Å². The number of para-hydroxylation sites is 1. The number of anilines is 1. The smallest absolute Gasteiger partial charge is 0.313 e. The minimum Gasteiger partial charge on any atom is -0.376 e. The molecule has 2 N–H and O–H groups in total. The van der Waals surface area contributed by atoms with Gasteiger partial charge in [0.15, 0.2) is 0 Å². The molecule has 2 rings (SSSR count). The van der Waals surface area contributed by atoms with Gasteiger partial charge in [-0.05, 0) is 24.3 Å². The number of thioether (sulfide) groups is 1. The van der Waals surface area contributed by atoms with E-state index >= 15 is 0 Å². The van der Waals surface area contributed by atoms with E-state index in [0.29, 0.717) is 12.2 Å². The second-order valence-electron chi connectivity index (χ2n) is 4.69. The molecule has 0 aliphatic carbocycles. The highest BCUT2D eigenvalue weighted by molar-refractivity contribution is 7.99. The first kappa shape index (κ1) is 14.9. The van der Waals surface area contributed by atoms with Gasteiger partial charge in [0.2, 0.25) is 0 Å². The van der Waals surface area contributed by atoms with E-state index in [2.05, 4.69) is 10.6 Å². The SMILES string of the molecule is COC1(CNC(=O)C(=O)Nc2ccccc2)CCSC1. The van der Waals surface area contributed by atoms with E-state index in [4.69, 9.17) is 4.74 Å². The fraction of sp³-hybridized carbons (Fsp3) is 0.429. The third-order valence-electron chi connectivity index (χ3n) is 3.31. The first-order chi connectivity index (χ1) is 9.65. The van der Waals surface area contributed by atoms with Gasteiger partial charge in [0, 0.05) is 25.1 Å². The topological polar surface area (TPSA) is 67.4 Å². The maximum Gasteiger partial charge on any atom is 0.313 e. The van der Waals surface area contributed by atoms with Crippen LogP contribution < -0.4 is 10.6 Å². The van der Waals surface area contributed by atoms with Gasteiger partial charge in [-0.15, -0.1) is 0 Å². The summed E-state index contributed by atoms with van der Waals surface area (Å²) in [6.45, 7) is 0.359. The highest BCUT2D eigenvalue weighted by atomic mass is 32.2. The number of rotatable bonds is 4. The highest BCUT2D eigenvalue weighted by Crippen LogP contribution is 2.30. The molecule has 1 saturated heterocycles. The van der Waals surface area contributed by atoms with Crippen LogP contribution in [0.2, 0.25) is 0 Å². The van der Waals surface area contributed by atoms with E-state index in [1.165, 1.54) is 0 Å². The zero-order valence-corrected chi connectivity index (χ0v) is 12.2. The van der Waals surface area contributed by atoms with Gasteiger partial charge in [-0.2, -0.15) is 11.8 Å². The van der Waals surface area contributed by atoms with Gasteiger partial charge in [-0.1, -0.05) is 18.2 Å². The number of hydrogen-bond acceptors (Lipinski definition) is 4. The van der Waals surface area contributed by atoms with Crippen LogP contribution >= 0.6 is 11.8 Å². The molecule has 2 amide bonds. The summed E-state index contributed by atoms with van der Waals surface area (Å²) in [6.07, 6.45) is 0.884. The first-order valence-corrected chi connectivity index (χ1v) is 7.58. The number of carbonyl (C=O) groups excluding carboxylic acids is 2. The van der Waals surface area contributed by atoms with Crippen LogP contribution in [0.15, 0.2) is 30.3 Å². The molecular formula is C14H18N2O3S. The number of hydrogen-bond donors (Lipinski definition) is 2. The second-order valence-corrected chi connectivity index (χ2v) is 5.80. The van der Waals surface area contributed by atoms with Crippen LogP contribution in [0.25, 0.3) is 0 Å². The Morgan fingerprint density at radius 2 is 2.05 bits per heavy atom. The van der Waals surface area contributed by atoms with Crippen LogP contribution in [-0.4, -0.2) is 42.6 Å². The highest BCUT2D eigenvalue weighted by Gasteiger charge is 2.35. The Kier molecular flexibility index (Phi) is 5.03. The van der Waals surface area contributed by atoms with Crippen molar-refractivity contribution in [1.29, 1.82) is 0 Å². The normalized spacial score (nSPS) is 21.4. The van der Waals surface area contributed by atoms with Crippen molar-refractivity contribution < 1.29 is 14.3 Å². The fourth-order valence-corrected chi connectivity index (χ4v) is 3.39. The zero-order chi connectivity index (χ0) is 14.4. The molecule has 1 heterocycles. The largest absolute Gasteiger partial charge is 0.376 e. The van der Waals surface area contributed by atoms with E-state index in [0.717, 1.165) is 17.9 Å². The van der Waals surface area contributed by atoms with Gasteiger partial charge < -0.3 is 15.4 Å². The van der Waals surface area contributed by atoms with Crippen molar-refractivity contribution in [2.24, 2.45) is 0 Å². The predicted octanol–water partition coefficient (Wildman–Crippen LogP) is 1.26. The number of ether oxygens (including phenoxy) is 1. The van der Waals surface area contributed by atoms with Gasteiger partial charge in [0.1, 0.15) is 0 Å². The minimum absolute atomic E-state index is 0.340. The van der Waals surface area contributed by atoms with E-state index < -0.39 is 11.8 Å². The van der Waals surface area contributed by atoms with Crippen LogP contribution in [0.3, 0.4) is 0 Å². The standard InChI is InChI=1S/C14H18N2O3S/c1-19-14(7-8-20-10-14)9-15-12(17)13(18)16-11-5-3-2-4-6-11/h2-6H,7-10H2,1H3,(H,15,17)(H,16,18). The van der Waals surface area contributed by atoms with Crippen molar-refractivity contribution in [2.45, 2.75) is 12.0 Å². The number of carbonyl (C=O) groups is 2. The van der Waals surface area contributed by atoms with Crippen molar-refractivity contribution >= 4 is 29.3 Å². The summed E-state index contributed by atoms with van der Waals surface area (Å²) in [7, 11) is 1.64. The van der Waals surface area contributed by atoms with Gasteiger partial charge >= 0.3 is 11.8 Å². The third-order valence-corrected chi connectivity index (χ3v) is 4.53. The van der Waals surface area contributed by atoms with Crippen LogP contribution in [-0.2, 0) is 14.3 Å². The lowest BCUT2D eigenvalue weighted by atomic mass is 10.0. The lowest BCUT2D eigenvalue weighted by Crippen LogP contribution is -2.47. The molecule has 5 nitrogen and oxygen atoms in total. The molecule has 1 unspecified atom stereocenters. The fourth-order valence-electron chi connectivity index (χ4n) is 1.99. The van der Waals surface area contributed by atoms with Gasteiger partial charge in [0.25, 0.3) is 0 Å². The van der Waals surface area contributed by atoms with E-state index in [1.54, 1.807) is 43.1 Å². The second kappa shape index (κ2) is 6.76. The van der Waals surface area contributed by atoms with Crippen molar-refractivity contribution in [3.8, 4) is 0 Å². The molecule has 108 valence electrons. The number of amides is 2. The van der Waals surface area contributed by atoms with E-state index in [-0.39, 0.29) is 5.60 Å². The summed E-state index contributed by atoms with van der Waals surface area (Å²) < 4.78 is 5.48. The molecule has 1 fully saturated rings. The van der Waals surface area contributed by atoms with E-state index in [1.807, 2.05) is 6.07 Å². The summed E-state index contributed by atoms with van der Waals surface area (Å²) in [6, 6.07) is 8.90. The molecule has 1 aromatic rings. The molecule has 20 heavy (non-hydrogen) atoms. The molecule has 1 aromatic carbocycles. The van der Waals surface area contributed by atoms with E-state index in [9.17, 15) is 9.59 Å². The zero-order valence-electron chi connectivity index (χ0n) is 11.3. The Labute approximate surface area is 122 Å².